The zero-order valence-corrected chi connectivity index (χ0v) is 14.4. The summed E-state index contributed by atoms with van der Waals surface area (Å²) >= 11 is 6.12. The number of carboxylic acids is 1. The number of hydrogen-bond acceptors (Lipinski definition) is 4. The SMILES string of the molecule is COc1ccc2c(c1)c(CC(=O)O)c(C)n2C(=O)c1cnccc1Cl. The van der Waals surface area contributed by atoms with E-state index in [1.54, 1.807) is 25.1 Å². The molecule has 0 fully saturated rings. The van der Waals surface area contributed by atoms with E-state index in [4.69, 9.17) is 16.3 Å². The van der Waals surface area contributed by atoms with Crippen LogP contribution in [0.25, 0.3) is 10.9 Å². The van der Waals surface area contributed by atoms with E-state index < -0.39 is 5.97 Å². The Morgan fingerprint density at radius 2 is 2.08 bits per heavy atom. The zero-order chi connectivity index (χ0) is 18.1. The maximum atomic E-state index is 13.0. The smallest absolute Gasteiger partial charge is 0.307 e. The highest BCUT2D eigenvalue weighted by Crippen LogP contribution is 2.31. The minimum Gasteiger partial charge on any atom is -0.497 e. The summed E-state index contributed by atoms with van der Waals surface area (Å²) in [5, 5.41) is 10.2. The number of pyridine rings is 1. The summed E-state index contributed by atoms with van der Waals surface area (Å²) in [6, 6.07) is 6.72. The van der Waals surface area contributed by atoms with Crippen molar-refractivity contribution in [1.29, 1.82) is 0 Å². The minimum atomic E-state index is -0.975. The average Bonchev–Trinajstić information content (AvgIpc) is 2.85. The number of benzene rings is 1. The molecular formula is C18H15ClN2O4. The summed E-state index contributed by atoms with van der Waals surface area (Å²) in [6.07, 6.45) is 2.70. The number of carbonyl (C=O) groups is 2. The molecule has 6 nitrogen and oxygen atoms in total. The molecule has 1 N–H and O–H groups in total. The van der Waals surface area contributed by atoms with Crippen molar-refractivity contribution < 1.29 is 19.4 Å². The number of hydrogen-bond donors (Lipinski definition) is 1. The molecule has 1 aromatic carbocycles. The van der Waals surface area contributed by atoms with E-state index in [1.165, 1.54) is 30.1 Å². The van der Waals surface area contributed by atoms with Gasteiger partial charge in [0.25, 0.3) is 5.91 Å². The van der Waals surface area contributed by atoms with Crippen LogP contribution in [0.4, 0.5) is 0 Å². The third-order valence-corrected chi connectivity index (χ3v) is 4.40. The molecule has 0 aliphatic heterocycles. The fraction of sp³-hybridized carbons (Fsp3) is 0.167. The van der Waals surface area contributed by atoms with Gasteiger partial charge in [-0.05, 0) is 36.8 Å². The first-order chi connectivity index (χ1) is 11.9. The van der Waals surface area contributed by atoms with Crippen LogP contribution in [0.5, 0.6) is 5.75 Å². The molecule has 25 heavy (non-hydrogen) atoms. The molecule has 2 aromatic heterocycles. The molecular weight excluding hydrogens is 344 g/mol. The van der Waals surface area contributed by atoms with E-state index in [0.29, 0.717) is 27.9 Å². The highest BCUT2D eigenvalue weighted by molar-refractivity contribution is 6.34. The molecule has 0 spiro atoms. The molecule has 3 aromatic rings. The lowest BCUT2D eigenvalue weighted by atomic mass is 10.1. The van der Waals surface area contributed by atoms with Gasteiger partial charge in [0.1, 0.15) is 5.75 Å². The molecule has 0 atom stereocenters. The Balaban J connectivity index is 2.28. The molecule has 0 saturated carbocycles. The lowest BCUT2D eigenvalue weighted by Gasteiger charge is -2.08. The number of nitrogens with zero attached hydrogens (tertiary/aromatic N) is 2. The fourth-order valence-electron chi connectivity index (χ4n) is 2.88. The van der Waals surface area contributed by atoms with Gasteiger partial charge in [-0.2, -0.15) is 0 Å². The monoisotopic (exact) mass is 358 g/mol. The number of carbonyl (C=O) groups excluding carboxylic acids is 1. The highest BCUT2D eigenvalue weighted by atomic mass is 35.5. The van der Waals surface area contributed by atoms with Gasteiger partial charge in [0.2, 0.25) is 0 Å². The van der Waals surface area contributed by atoms with E-state index in [9.17, 15) is 14.7 Å². The number of ether oxygens (including phenoxy) is 1. The molecule has 3 rings (SSSR count). The van der Waals surface area contributed by atoms with Gasteiger partial charge in [0.05, 0.1) is 29.6 Å². The predicted molar refractivity (Wildman–Crippen MR) is 93.5 cm³/mol. The molecule has 2 heterocycles. The second kappa shape index (κ2) is 6.57. The van der Waals surface area contributed by atoms with Crippen LogP contribution in [0.3, 0.4) is 0 Å². The zero-order valence-electron chi connectivity index (χ0n) is 13.6. The standard InChI is InChI=1S/C18H15ClN2O4/c1-10-12(8-17(22)23)13-7-11(25-2)3-4-16(13)21(10)18(24)14-9-20-6-5-15(14)19/h3-7,9H,8H2,1-2H3,(H,22,23). The second-order valence-electron chi connectivity index (χ2n) is 5.51. The number of aromatic nitrogens is 2. The maximum absolute atomic E-state index is 13.0. The number of halogens is 1. The van der Waals surface area contributed by atoms with Gasteiger partial charge in [0, 0.05) is 23.5 Å². The van der Waals surface area contributed by atoms with Crippen molar-refractivity contribution >= 4 is 34.4 Å². The fourth-order valence-corrected chi connectivity index (χ4v) is 3.07. The second-order valence-corrected chi connectivity index (χ2v) is 5.92. The Bertz CT molecular complexity index is 994. The van der Waals surface area contributed by atoms with Crippen LogP contribution >= 0.6 is 11.6 Å². The van der Waals surface area contributed by atoms with Crippen molar-refractivity contribution in [3.05, 3.63) is 58.5 Å². The molecule has 0 radical (unpaired) electrons. The van der Waals surface area contributed by atoms with Crippen molar-refractivity contribution in [3.8, 4) is 5.75 Å². The van der Waals surface area contributed by atoms with Gasteiger partial charge < -0.3 is 9.84 Å². The quantitative estimate of drug-likeness (QED) is 0.773. The van der Waals surface area contributed by atoms with Crippen molar-refractivity contribution in [1.82, 2.24) is 9.55 Å². The third-order valence-electron chi connectivity index (χ3n) is 4.07. The van der Waals surface area contributed by atoms with Crippen molar-refractivity contribution in [2.45, 2.75) is 13.3 Å². The van der Waals surface area contributed by atoms with Gasteiger partial charge in [-0.3, -0.25) is 19.1 Å². The Labute approximate surface area is 148 Å². The summed E-state index contributed by atoms with van der Waals surface area (Å²) in [5.74, 6) is -0.748. The van der Waals surface area contributed by atoms with Crippen molar-refractivity contribution in [2.24, 2.45) is 0 Å². The summed E-state index contributed by atoms with van der Waals surface area (Å²) in [7, 11) is 1.53. The molecule has 7 heteroatoms. The summed E-state index contributed by atoms with van der Waals surface area (Å²) in [4.78, 5) is 28.2. The van der Waals surface area contributed by atoms with E-state index >= 15 is 0 Å². The lowest BCUT2D eigenvalue weighted by Crippen LogP contribution is -2.15. The van der Waals surface area contributed by atoms with Crippen molar-refractivity contribution in [2.75, 3.05) is 7.11 Å². The van der Waals surface area contributed by atoms with Gasteiger partial charge in [-0.15, -0.1) is 0 Å². The predicted octanol–water partition coefficient (Wildman–Crippen LogP) is 3.32. The number of fused-ring (bicyclic) bond motifs is 1. The van der Waals surface area contributed by atoms with Gasteiger partial charge >= 0.3 is 5.97 Å². The molecule has 128 valence electrons. The maximum Gasteiger partial charge on any atom is 0.307 e. The van der Waals surface area contributed by atoms with Crippen LogP contribution in [0, 0.1) is 6.92 Å². The molecule has 0 aliphatic carbocycles. The van der Waals surface area contributed by atoms with Crippen molar-refractivity contribution in [3.63, 3.8) is 0 Å². The van der Waals surface area contributed by atoms with E-state index in [-0.39, 0.29) is 22.9 Å². The van der Waals surface area contributed by atoms with Gasteiger partial charge in [-0.25, -0.2) is 0 Å². The highest BCUT2D eigenvalue weighted by Gasteiger charge is 2.23. The molecule has 0 saturated heterocycles. The Hall–Kier alpha value is -2.86. The van der Waals surface area contributed by atoms with Crippen LogP contribution in [-0.4, -0.2) is 33.6 Å². The summed E-state index contributed by atoms with van der Waals surface area (Å²) in [5.41, 5.74) is 1.96. The molecule has 0 amide bonds. The number of carboxylic acid groups (broad SMARTS) is 1. The van der Waals surface area contributed by atoms with E-state index in [1.807, 2.05) is 0 Å². The minimum absolute atomic E-state index is 0.198. The van der Waals surface area contributed by atoms with E-state index in [0.717, 1.165) is 0 Å². The first-order valence-corrected chi connectivity index (χ1v) is 7.85. The average molecular weight is 359 g/mol. The molecule has 0 unspecified atom stereocenters. The van der Waals surface area contributed by atoms with Crippen LogP contribution < -0.4 is 4.74 Å². The first kappa shape index (κ1) is 17.0. The molecule has 0 bridgehead atoms. The topological polar surface area (TPSA) is 81.4 Å². The van der Waals surface area contributed by atoms with Crippen LogP contribution in [-0.2, 0) is 11.2 Å². The Morgan fingerprint density at radius 1 is 1.32 bits per heavy atom. The summed E-state index contributed by atoms with van der Waals surface area (Å²) < 4.78 is 6.69. The largest absolute Gasteiger partial charge is 0.497 e. The number of rotatable bonds is 4. The Kier molecular flexibility index (Phi) is 4.46. The van der Waals surface area contributed by atoms with Gasteiger partial charge in [0.15, 0.2) is 0 Å². The van der Waals surface area contributed by atoms with E-state index in [2.05, 4.69) is 4.98 Å². The van der Waals surface area contributed by atoms with Crippen LogP contribution in [0.2, 0.25) is 5.02 Å². The van der Waals surface area contributed by atoms with Crippen LogP contribution in [0.1, 0.15) is 21.6 Å². The van der Waals surface area contributed by atoms with Gasteiger partial charge in [-0.1, -0.05) is 11.6 Å². The lowest BCUT2D eigenvalue weighted by molar-refractivity contribution is -0.136. The normalized spacial score (nSPS) is 10.8. The molecule has 0 aliphatic rings. The van der Waals surface area contributed by atoms with Crippen LogP contribution in [0.15, 0.2) is 36.7 Å². The Morgan fingerprint density at radius 3 is 2.72 bits per heavy atom. The number of methoxy groups -OCH3 is 1. The first-order valence-electron chi connectivity index (χ1n) is 7.48. The third kappa shape index (κ3) is 2.96. The summed E-state index contributed by atoms with van der Waals surface area (Å²) in [6.45, 7) is 1.72. The number of aliphatic carboxylic acids is 1.